The largest absolute Gasteiger partial charge is 0.506 e. The Hall–Kier alpha value is -2.89. The highest BCUT2D eigenvalue weighted by Crippen LogP contribution is 2.42. The molecule has 0 saturated carbocycles. The fourth-order valence-corrected chi connectivity index (χ4v) is 3.64. The van der Waals surface area contributed by atoms with E-state index in [2.05, 4.69) is 31.2 Å². The first kappa shape index (κ1) is 16.6. The Morgan fingerprint density at radius 3 is 2.73 bits per heavy atom. The normalized spacial score (nSPS) is 17.2. The number of rotatable bonds is 1. The molecular formula is C20H22N4O2. The number of amides is 1. The Balaban J connectivity index is 1.94. The standard InChI is InChI=1S/C20H22N4O2/c1-20(2,3)18-16-12(10-15(26)22-19(16)24(4)23-18)13-9-8-11-6-5-7-14(25)17(11)21-13/h5-9,12,25H,10H2,1-4H3,(H,22,26)/t12-/m0/s1. The third-order valence-corrected chi connectivity index (χ3v) is 4.87. The number of nitrogens with zero attached hydrogens (tertiary/aromatic N) is 3. The van der Waals surface area contributed by atoms with Crippen molar-refractivity contribution >= 4 is 22.6 Å². The first-order valence-corrected chi connectivity index (χ1v) is 8.71. The van der Waals surface area contributed by atoms with Crippen molar-refractivity contribution in [3.05, 3.63) is 47.3 Å². The van der Waals surface area contributed by atoms with Crippen LogP contribution < -0.4 is 5.32 Å². The number of phenolic OH excluding ortho intramolecular Hbond substituents is 1. The summed E-state index contributed by atoms with van der Waals surface area (Å²) in [6.07, 6.45) is 0.313. The van der Waals surface area contributed by atoms with Gasteiger partial charge in [0.05, 0.1) is 5.69 Å². The van der Waals surface area contributed by atoms with Gasteiger partial charge in [0, 0.05) is 41.4 Å². The average molecular weight is 350 g/mol. The van der Waals surface area contributed by atoms with Crippen LogP contribution >= 0.6 is 0 Å². The molecule has 1 aromatic carbocycles. The number of anilines is 1. The summed E-state index contributed by atoms with van der Waals surface area (Å²) in [5, 5.41) is 18.7. The third-order valence-electron chi connectivity index (χ3n) is 4.87. The van der Waals surface area contributed by atoms with E-state index in [1.165, 1.54) is 0 Å². The molecule has 1 atom stereocenters. The summed E-state index contributed by atoms with van der Waals surface area (Å²) in [5.41, 5.74) is 3.14. The van der Waals surface area contributed by atoms with Gasteiger partial charge >= 0.3 is 0 Å². The van der Waals surface area contributed by atoms with Gasteiger partial charge < -0.3 is 10.4 Å². The van der Waals surface area contributed by atoms with Crippen LogP contribution in [0.4, 0.5) is 5.82 Å². The molecule has 0 radical (unpaired) electrons. The Bertz CT molecular complexity index is 1030. The van der Waals surface area contributed by atoms with Gasteiger partial charge in [-0.05, 0) is 12.1 Å². The zero-order valence-electron chi connectivity index (χ0n) is 15.4. The molecule has 6 nitrogen and oxygen atoms in total. The van der Waals surface area contributed by atoms with Crippen molar-refractivity contribution in [2.75, 3.05) is 5.32 Å². The molecule has 0 spiro atoms. The van der Waals surface area contributed by atoms with Crippen LogP contribution in [0.25, 0.3) is 10.9 Å². The van der Waals surface area contributed by atoms with Crippen molar-refractivity contribution in [2.45, 2.75) is 38.5 Å². The Morgan fingerprint density at radius 1 is 1.23 bits per heavy atom. The minimum atomic E-state index is -0.189. The quantitative estimate of drug-likeness (QED) is 0.704. The number of phenols is 1. The summed E-state index contributed by atoms with van der Waals surface area (Å²) in [4.78, 5) is 17.0. The maximum atomic E-state index is 12.3. The fraction of sp³-hybridized carbons (Fsp3) is 0.350. The van der Waals surface area contributed by atoms with E-state index in [1.54, 1.807) is 16.8 Å². The average Bonchev–Trinajstić information content (AvgIpc) is 2.91. The van der Waals surface area contributed by atoms with E-state index in [9.17, 15) is 9.90 Å². The Labute approximate surface area is 151 Å². The molecule has 1 aliphatic rings. The van der Waals surface area contributed by atoms with Gasteiger partial charge in [-0.1, -0.05) is 39.0 Å². The van der Waals surface area contributed by atoms with Crippen LogP contribution in [0.5, 0.6) is 5.75 Å². The van der Waals surface area contributed by atoms with Gasteiger partial charge in [0.15, 0.2) is 0 Å². The maximum Gasteiger partial charge on any atom is 0.226 e. The number of benzene rings is 1. The highest BCUT2D eigenvalue weighted by atomic mass is 16.3. The second-order valence-corrected chi connectivity index (χ2v) is 7.87. The van der Waals surface area contributed by atoms with Crippen LogP contribution in [-0.4, -0.2) is 25.8 Å². The number of carbonyl (C=O) groups is 1. The molecule has 0 saturated heterocycles. The zero-order valence-corrected chi connectivity index (χ0v) is 15.4. The predicted octanol–water partition coefficient (Wildman–Crippen LogP) is 3.45. The summed E-state index contributed by atoms with van der Waals surface area (Å²) >= 11 is 0. The van der Waals surface area contributed by atoms with Gasteiger partial charge in [-0.25, -0.2) is 4.98 Å². The lowest BCUT2D eigenvalue weighted by molar-refractivity contribution is -0.116. The number of hydrogen-bond acceptors (Lipinski definition) is 4. The molecule has 134 valence electrons. The summed E-state index contributed by atoms with van der Waals surface area (Å²) in [7, 11) is 1.84. The number of para-hydroxylation sites is 1. The molecule has 4 rings (SSSR count). The first-order chi connectivity index (χ1) is 12.3. The molecule has 0 fully saturated rings. The highest BCUT2D eigenvalue weighted by molar-refractivity contribution is 5.95. The zero-order chi connectivity index (χ0) is 18.6. The molecule has 0 unspecified atom stereocenters. The smallest absolute Gasteiger partial charge is 0.226 e. The molecule has 1 amide bonds. The number of aromatic hydroxyl groups is 1. The van der Waals surface area contributed by atoms with Gasteiger partial charge in [0.2, 0.25) is 5.91 Å². The van der Waals surface area contributed by atoms with Gasteiger partial charge in [0.25, 0.3) is 0 Å². The van der Waals surface area contributed by atoms with Crippen LogP contribution in [0.1, 0.15) is 50.1 Å². The van der Waals surface area contributed by atoms with Crippen LogP contribution in [0, 0.1) is 0 Å². The van der Waals surface area contributed by atoms with Gasteiger partial charge in [-0.15, -0.1) is 0 Å². The number of aromatic nitrogens is 3. The summed E-state index contributed by atoms with van der Waals surface area (Å²) in [5.74, 6) is 0.637. The van der Waals surface area contributed by atoms with Crippen molar-refractivity contribution in [1.29, 1.82) is 0 Å². The maximum absolute atomic E-state index is 12.3. The van der Waals surface area contributed by atoms with E-state index in [1.807, 2.05) is 25.2 Å². The van der Waals surface area contributed by atoms with Crippen molar-refractivity contribution < 1.29 is 9.90 Å². The van der Waals surface area contributed by atoms with E-state index in [-0.39, 0.29) is 23.0 Å². The van der Waals surface area contributed by atoms with Crippen LogP contribution in [0.15, 0.2) is 30.3 Å². The first-order valence-electron chi connectivity index (χ1n) is 8.71. The predicted molar refractivity (Wildman–Crippen MR) is 100 cm³/mol. The molecule has 0 bridgehead atoms. The summed E-state index contributed by atoms with van der Waals surface area (Å²) < 4.78 is 1.73. The number of fused-ring (bicyclic) bond motifs is 2. The van der Waals surface area contributed by atoms with E-state index in [0.717, 1.165) is 28.2 Å². The van der Waals surface area contributed by atoms with Crippen LogP contribution in [0.2, 0.25) is 0 Å². The molecule has 6 heteroatoms. The summed E-state index contributed by atoms with van der Waals surface area (Å²) in [6, 6.07) is 9.22. The number of aryl methyl sites for hydroxylation is 1. The lowest BCUT2D eigenvalue weighted by atomic mass is 9.81. The van der Waals surface area contributed by atoms with E-state index in [0.29, 0.717) is 11.9 Å². The van der Waals surface area contributed by atoms with Gasteiger partial charge in [-0.2, -0.15) is 5.10 Å². The lowest BCUT2D eigenvalue weighted by Crippen LogP contribution is -2.26. The fourth-order valence-electron chi connectivity index (χ4n) is 3.64. The van der Waals surface area contributed by atoms with E-state index >= 15 is 0 Å². The molecule has 3 heterocycles. The van der Waals surface area contributed by atoms with E-state index in [4.69, 9.17) is 4.98 Å². The molecule has 26 heavy (non-hydrogen) atoms. The lowest BCUT2D eigenvalue weighted by Gasteiger charge is -2.26. The van der Waals surface area contributed by atoms with Crippen molar-refractivity contribution in [3.8, 4) is 5.75 Å². The molecular weight excluding hydrogens is 328 g/mol. The second-order valence-electron chi connectivity index (χ2n) is 7.87. The molecule has 0 aliphatic carbocycles. The van der Waals surface area contributed by atoms with E-state index < -0.39 is 0 Å². The highest BCUT2D eigenvalue weighted by Gasteiger charge is 2.37. The van der Waals surface area contributed by atoms with Crippen LogP contribution in [-0.2, 0) is 17.3 Å². The molecule has 3 aromatic rings. The van der Waals surface area contributed by atoms with Gasteiger partial charge in [-0.3, -0.25) is 9.48 Å². The van der Waals surface area contributed by atoms with Crippen molar-refractivity contribution in [2.24, 2.45) is 7.05 Å². The monoisotopic (exact) mass is 350 g/mol. The molecule has 2 aromatic heterocycles. The number of carbonyl (C=O) groups excluding carboxylic acids is 1. The van der Waals surface area contributed by atoms with Crippen molar-refractivity contribution in [1.82, 2.24) is 14.8 Å². The molecule has 1 aliphatic heterocycles. The Morgan fingerprint density at radius 2 is 2.00 bits per heavy atom. The molecule has 2 N–H and O–H groups in total. The Kier molecular flexibility index (Phi) is 3.54. The van der Waals surface area contributed by atoms with Gasteiger partial charge in [0.1, 0.15) is 17.1 Å². The topological polar surface area (TPSA) is 80.0 Å². The minimum absolute atomic E-state index is 0.0508. The number of nitrogens with one attached hydrogen (secondary N) is 1. The minimum Gasteiger partial charge on any atom is -0.506 e. The SMILES string of the molecule is Cn1nc(C(C)(C)C)c2c1NC(=O)C[C@H]2c1ccc2cccc(O)c2n1. The third kappa shape index (κ3) is 2.53. The second kappa shape index (κ2) is 5.56. The number of pyridine rings is 1. The number of hydrogen-bond donors (Lipinski definition) is 2. The summed E-state index contributed by atoms with van der Waals surface area (Å²) in [6.45, 7) is 6.34. The van der Waals surface area contributed by atoms with Crippen LogP contribution in [0.3, 0.4) is 0 Å². The van der Waals surface area contributed by atoms with Crippen molar-refractivity contribution in [3.63, 3.8) is 0 Å².